The molecule has 4 heteroatoms. The van der Waals surface area contributed by atoms with Crippen LogP contribution >= 0.6 is 0 Å². The molecule has 5 fully saturated rings. The molecule has 1 saturated heterocycles. The quantitative estimate of drug-likeness (QED) is 0.823. The maximum absolute atomic E-state index is 12.9. The normalized spacial score (nSPS) is 35.0. The zero-order valence-electron chi connectivity index (χ0n) is 18.2. The van der Waals surface area contributed by atoms with Gasteiger partial charge in [-0.05, 0) is 87.2 Å². The van der Waals surface area contributed by atoms with Crippen molar-refractivity contribution in [2.24, 2.45) is 23.2 Å². The van der Waals surface area contributed by atoms with Crippen molar-refractivity contribution >= 4 is 11.6 Å². The molecular formula is C25H37N3O. The van der Waals surface area contributed by atoms with E-state index < -0.39 is 0 Å². The van der Waals surface area contributed by atoms with E-state index in [1.54, 1.807) is 0 Å². The van der Waals surface area contributed by atoms with Crippen LogP contribution in [-0.2, 0) is 4.79 Å². The van der Waals surface area contributed by atoms with Crippen LogP contribution in [0.1, 0.15) is 51.0 Å². The maximum Gasteiger partial charge on any atom is 0.234 e. The van der Waals surface area contributed by atoms with Crippen LogP contribution in [0.25, 0.3) is 0 Å². The van der Waals surface area contributed by atoms with E-state index >= 15 is 0 Å². The molecule has 158 valence electrons. The molecule has 29 heavy (non-hydrogen) atoms. The van der Waals surface area contributed by atoms with Gasteiger partial charge in [-0.25, -0.2) is 0 Å². The van der Waals surface area contributed by atoms with E-state index in [2.05, 4.69) is 53.2 Å². The summed E-state index contributed by atoms with van der Waals surface area (Å²) in [5, 5.41) is 3.44. The van der Waals surface area contributed by atoms with Crippen LogP contribution in [0.5, 0.6) is 0 Å². The maximum atomic E-state index is 12.9. The predicted molar refractivity (Wildman–Crippen MR) is 118 cm³/mol. The summed E-state index contributed by atoms with van der Waals surface area (Å²) in [6, 6.07) is 8.95. The number of para-hydroxylation sites is 1. The van der Waals surface area contributed by atoms with E-state index in [1.807, 2.05) is 0 Å². The first-order chi connectivity index (χ1) is 14.0. The lowest BCUT2D eigenvalue weighted by Crippen LogP contribution is -2.57. The van der Waals surface area contributed by atoms with Gasteiger partial charge in [-0.1, -0.05) is 18.2 Å². The van der Waals surface area contributed by atoms with Crippen LogP contribution in [0, 0.1) is 30.1 Å². The number of benzene rings is 1. The lowest BCUT2D eigenvalue weighted by atomic mass is 9.48. The standard InChI is InChI=1S/C25H37N3O/c1-18-5-3-4-6-23(18)28-9-7-27(8-10-28)17-24(29)26-19(2)25-14-20-11-21(15-25)13-22(12-20)16-25/h3-6,19-22H,7-17H2,1-2H3,(H,26,29)/t19-,20?,21?,22?,25?/m1/s1. The van der Waals surface area contributed by atoms with Gasteiger partial charge in [0, 0.05) is 37.9 Å². The molecular weight excluding hydrogens is 358 g/mol. The molecule has 4 nitrogen and oxygen atoms in total. The number of piperazine rings is 1. The Morgan fingerprint density at radius 2 is 1.62 bits per heavy atom. The Bertz CT molecular complexity index is 717. The highest BCUT2D eigenvalue weighted by atomic mass is 16.2. The third-order valence-corrected chi connectivity index (χ3v) is 8.58. The highest BCUT2D eigenvalue weighted by Crippen LogP contribution is 2.61. The van der Waals surface area contributed by atoms with Crippen molar-refractivity contribution in [3.05, 3.63) is 29.8 Å². The zero-order valence-corrected chi connectivity index (χ0v) is 18.2. The molecule has 1 heterocycles. The van der Waals surface area contributed by atoms with E-state index in [1.165, 1.54) is 49.8 Å². The van der Waals surface area contributed by atoms with Crippen molar-refractivity contribution < 1.29 is 4.79 Å². The van der Waals surface area contributed by atoms with Gasteiger partial charge < -0.3 is 10.2 Å². The first kappa shape index (κ1) is 19.4. The second-order valence-corrected chi connectivity index (χ2v) is 10.6. The van der Waals surface area contributed by atoms with E-state index in [9.17, 15) is 4.79 Å². The first-order valence-corrected chi connectivity index (χ1v) is 11.8. The van der Waals surface area contributed by atoms with Crippen molar-refractivity contribution in [2.75, 3.05) is 37.6 Å². The number of carbonyl (C=O) groups is 1. The summed E-state index contributed by atoms with van der Waals surface area (Å²) in [5.41, 5.74) is 3.07. The van der Waals surface area contributed by atoms with Crippen LogP contribution in [0.3, 0.4) is 0 Å². The van der Waals surface area contributed by atoms with Crippen LogP contribution in [-0.4, -0.2) is 49.6 Å². The average molecular weight is 396 g/mol. The number of hydrogen-bond donors (Lipinski definition) is 1. The largest absolute Gasteiger partial charge is 0.369 e. The van der Waals surface area contributed by atoms with Crippen molar-refractivity contribution in [1.29, 1.82) is 0 Å². The van der Waals surface area contributed by atoms with E-state index in [-0.39, 0.29) is 5.91 Å². The third-order valence-electron chi connectivity index (χ3n) is 8.58. The van der Waals surface area contributed by atoms with Crippen LogP contribution < -0.4 is 10.2 Å². The second-order valence-electron chi connectivity index (χ2n) is 10.6. The Morgan fingerprint density at radius 3 is 2.21 bits per heavy atom. The van der Waals surface area contributed by atoms with Crippen molar-refractivity contribution in [3.8, 4) is 0 Å². The predicted octanol–water partition coefficient (Wildman–Crippen LogP) is 3.84. The molecule has 0 spiro atoms. The molecule has 6 rings (SSSR count). The highest BCUT2D eigenvalue weighted by Gasteiger charge is 2.53. The molecule has 4 saturated carbocycles. The summed E-state index contributed by atoms with van der Waals surface area (Å²) in [6.07, 6.45) is 8.46. The molecule has 1 N–H and O–H groups in total. The fourth-order valence-corrected chi connectivity index (χ4v) is 7.42. The summed E-state index contributed by atoms with van der Waals surface area (Å²) in [4.78, 5) is 17.6. The lowest BCUT2D eigenvalue weighted by Gasteiger charge is -2.59. The molecule has 1 atom stereocenters. The van der Waals surface area contributed by atoms with Gasteiger partial charge in [-0.2, -0.15) is 0 Å². The van der Waals surface area contributed by atoms with Gasteiger partial charge in [0.05, 0.1) is 6.54 Å². The highest BCUT2D eigenvalue weighted by molar-refractivity contribution is 5.78. The number of aryl methyl sites for hydroxylation is 1. The van der Waals surface area contributed by atoms with Crippen LogP contribution in [0.4, 0.5) is 5.69 Å². The topological polar surface area (TPSA) is 35.6 Å². The molecule has 1 aliphatic heterocycles. The fraction of sp³-hybridized carbons (Fsp3) is 0.720. The van der Waals surface area contributed by atoms with Crippen LogP contribution in [0.2, 0.25) is 0 Å². The monoisotopic (exact) mass is 395 g/mol. The fourth-order valence-electron chi connectivity index (χ4n) is 7.42. The zero-order chi connectivity index (χ0) is 20.0. The van der Waals surface area contributed by atoms with Crippen molar-refractivity contribution in [1.82, 2.24) is 10.2 Å². The number of carbonyl (C=O) groups excluding carboxylic acids is 1. The van der Waals surface area contributed by atoms with Gasteiger partial charge in [0.2, 0.25) is 5.91 Å². The number of nitrogens with zero attached hydrogens (tertiary/aromatic N) is 2. The Labute approximate surface area is 176 Å². The number of rotatable bonds is 5. The Morgan fingerprint density at radius 1 is 1.03 bits per heavy atom. The average Bonchev–Trinajstić information content (AvgIpc) is 2.68. The summed E-state index contributed by atoms with van der Waals surface area (Å²) in [6.45, 7) is 8.97. The minimum atomic E-state index is 0.234. The van der Waals surface area contributed by atoms with Gasteiger partial charge in [0.1, 0.15) is 0 Å². The van der Waals surface area contributed by atoms with Gasteiger partial charge in [0.15, 0.2) is 0 Å². The Kier molecular flexibility index (Phi) is 5.09. The number of nitrogens with one attached hydrogen (secondary N) is 1. The summed E-state index contributed by atoms with van der Waals surface area (Å²) >= 11 is 0. The number of hydrogen-bond acceptors (Lipinski definition) is 3. The molecule has 1 aromatic rings. The van der Waals surface area contributed by atoms with Crippen molar-refractivity contribution in [3.63, 3.8) is 0 Å². The molecule has 1 amide bonds. The Hall–Kier alpha value is -1.55. The molecule has 4 bridgehead atoms. The van der Waals surface area contributed by atoms with Crippen molar-refractivity contribution in [2.45, 2.75) is 58.4 Å². The van der Waals surface area contributed by atoms with E-state index in [4.69, 9.17) is 0 Å². The lowest BCUT2D eigenvalue weighted by molar-refractivity contribution is -0.127. The molecule has 0 radical (unpaired) electrons. The summed E-state index contributed by atoms with van der Waals surface area (Å²) in [5.74, 6) is 3.05. The van der Waals surface area contributed by atoms with E-state index in [0.29, 0.717) is 18.0 Å². The number of amides is 1. The molecule has 0 aromatic heterocycles. The second kappa shape index (κ2) is 7.61. The van der Waals surface area contributed by atoms with E-state index in [0.717, 1.165) is 43.9 Å². The molecule has 0 unspecified atom stereocenters. The third kappa shape index (κ3) is 3.81. The smallest absolute Gasteiger partial charge is 0.234 e. The first-order valence-electron chi connectivity index (χ1n) is 11.8. The molecule has 1 aromatic carbocycles. The minimum absolute atomic E-state index is 0.234. The Balaban J connectivity index is 1.13. The van der Waals surface area contributed by atoms with Gasteiger partial charge in [-0.15, -0.1) is 0 Å². The number of anilines is 1. The molecule has 5 aliphatic rings. The summed E-state index contributed by atoms with van der Waals surface area (Å²) < 4.78 is 0. The van der Waals surface area contributed by atoms with Gasteiger partial charge >= 0.3 is 0 Å². The SMILES string of the molecule is Cc1ccccc1N1CCN(CC(=O)N[C@H](C)C23CC4CC(CC(C4)C2)C3)CC1. The summed E-state index contributed by atoms with van der Waals surface area (Å²) in [7, 11) is 0. The van der Waals surface area contributed by atoms with Gasteiger partial charge in [-0.3, -0.25) is 9.69 Å². The van der Waals surface area contributed by atoms with Crippen LogP contribution in [0.15, 0.2) is 24.3 Å². The van der Waals surface area contributed by atoms with Gasteiger partial charge in [0.25, 0.3) is 0 Å². The molecule has 4 aliphatic carbocycles. The minimum Gasteiger partial charge on any atom is -0.369 e.